The molecule has 5 nitrogen and oxygen atoms in total. The molecular weight excluding hydrogens is 514 g/mol. The molecule has 0 radical (unpaired) electrons. The number of halogens is 6. The summed E-state index contributed by atoms with van der Waals surface area (Å²) in [6.07, 6.45) is -9.95. The maximum Gasteiger partial charge on any atom is 0.416 e. The molecule has 2 heterocycles. The molecule has 2 saturated heterocycles. The highest BCUT2D eigenvalue weighted by Gasteiger charge is 2.53. The molecule has 2 aromatic carbocycles. The third-order valence-corrected chi connectivity index (χ3v) is 7.42. The van der Waals surface area contributed by atoms with Crippen molar-refractivity contribution in [2.24, 2.45) is 0 Å². The molecule has 4 rings (SSSR count). The summed E-state index contributed by atoms with van der Waals surface area (Å²) in [5, 5.41) is 2.92. The van der Waals surface area contributed by atoms with Gasteiger partial charge in [-0.1, -0.05) is 30.3 Å². The van der Waals surface area contributed by atoms with Crippen molar-refractivity contribution < 1.29 is 40.7 Å². The average Bonchev–Trinajstić information content (AvgIpc) is 2.82. The number of nitrogens with zero attached hydrogens (tertiary/aromatic N) is 1. The molecule has 2 aliphatic heterocycles. The maximum absolute atomic E-state index is 13.4. The van der Waals surface area contributed by atoms with Crippen LogP contribution in [0.1, 0.15) is 61.5 Å². The van der Waals surface area contributed by atoms with Gasteiger partial charge in [-0.05, 0) is 49.1 Å². The van der Waals surface area contributed by atoms with Crippen LogP contribution in [0.3, 0.4) is 0 Å². The first-order chi connectivity index (χ1) is 17.6. The minimum Gasteiger partial charge on any atom is -0.372 e. The van der Waals surface area contributed by atoms with E-state index in [0.717, 1.165) is 5.56 Å². The van der Waals surface area contributed by atoms with Crippen molar-refractivity contribution >= 4 is 11.7 Å². The Hall–Kier alpha value is -2.92. The van der Waals surface area contributed by atoms with Crippen molar-refractivity contribution in [3.8, 4) is 0 Å². The van der Waals surface area contributed by atoms with E-state index < -0.39 is 40.7 Å². The molecular formula is C27H28F6N2O3. The topological polar surface area (TPSA) is 58.6 Å². The number of alkyl halides is 6. The number of hydrogen-bond donors (Lipinski definition) is 1. The molecule has 0 spiro atoms. The fraction of sp³-hybridized carbons (Fsp3) is 0.481. The van der Waals surface area contributed by atoms with Crippen molar-refractivity contribution in [1.82, 2.24) is 10.2 Å². The summed E-state index contributed by atoms with van der Waals surface area (Å²) in [5.74, 6) is -0.340. The second-order valence-electron chi connectivity index (χ2n) is 10.2. The predicted octanol–water partition coefficient (Wildman–Crippen LogP) is 5.64. The summed E-state index contributed by atoms with van der Waals surface area (Å²) in [5.41, 5.74) is -3.88. The zero-order valence-electron chi connectivity index (χ0n) is 20.9. The minimum atomic E-state index is -4.97. The Balaban J connectivity index is 1.67. The Kier molecular flexibility index (Phi) is 7.39. The van der Waals surface area contributed by atoms with Crippen LogP contribution in [0.2, 0.25) is 0 Å². The molecule has 1 amide bonds. The van der Waals surface area contributed by atoms with Crippen molar-refractivity contribution in [2.75, 3.05) is 19.7 Å². The Morgan fingerprint density at radius 3 is 2.18 bits per heavy atom. The van der Waals surface area contributed by atoms with Gasteiger partial charge >= 0.3 is 12.4 Å². The number of rotatable bonds is 6. The largest absolute Gasteiger partial charge is 0.416 e. The first-order valence-electron chi connectivity index (χ1n) is 12.2. The first-order valence-corrected chi connectivity index (χ1v) is 12.2. The molecule has 0 aromatic heterocycles. The fourth-order valence-electron chi connectivity index (χ4n) is 5.61. The number of nitrogens with one attached hydrogen (secondary N) is 1. The van der Waals surface area contributed by atoms with Gasteiger partial charge in [0.1, 0.15) is 5.78 Å². The zero-order valence-corrected chi connectivity index (χ0v) is 20.9. The van der Waals surface area contributed by atoms with E-state index in [1.165, 1.54) is 13.8 Å². The van der Waals surface area contributed by atoms with Crippen LogP contribution in [0.15, 0.2) is 48.5 Å². The standard InChI is InChI=1S/C27H28F6N2O3/c1-17(19-10-21(26(28,29)30)12-22(11-19)27(31,32)33)38-16-25(20-6-4-3-5-7-20)9-8-24(34-18(2)36)13-23(37)14-35(25)15-24/h3-7,10-12,17H,8-9,13-16H2,1-2H3,(H,34,36)/t17-,24-,25-/m1/s1. The Labute approximate surface area is 216 Å². The highest BCUT2D eigenvalue weighted by molar-refractivity contribution is 5.84. The minimum absolute atomic E-state index is 0.0780. The highest BCUT2D eigenvalue weighted by Crippen LogP contribution is 2.45. The number of benzene rings is 2. The van der Waals surface area contributed by atoms with Gasteiger partial charge in [0, 0.05) is 19.9 Å². The molecule has 1 N–H and O–H groups in total. The number of hydrogen-bond acceptors (Lipinski definition) is 4. The monoisotopic (exact) mass is 542 g/mol. The van der Waals surface area contributed by atoms with Crippen LogP contribution in [0.4, 0.5) is 26.3 Å². The molecule has 0 saturated carbocycles. The lowest BCUT2D eigenvalue weighted by atomic mass is 9.70. The lowest BCUT2D eigenvalue weighted by Crippen LogP contribution is -2.69. The summed E-state index contributed by atoms with van der Waals surface area (Å²) in [4.78, 5) is 26.6. The van der Waals surface area contributed by atoms with Crippen LogP contribution < -0.4 is 5.32 Å². The van der Waals surface area contributed by atoms with Gasteiger partial charge in [0.05, 0.1) is 41.5 Å². The number of carbonyl (C=O) groups is 2. The van der Waals surface area contributed by atoms with Crippen molar-refractivity contribution in [1.29, 1.82) is 0 Å². The van der Waals surface area contributed by atoms with E-state index in [9.17, 15) is 35.9 Å². The summed E-state index contributed by atoms with van der Waals surface area (Å²) >= 11 is 0. The van der Waals surface area contributed by atoms with Crippen LogP contribution in [-0.2, 0) is 32.2 Å². The van der Waals surface area contributed by atoms with Crippen LogP contribution in [0.25, 0.3) is 0 Å². The number of fused-ring (bicyclic) bond motifs is 2. The number of carbonyl (C=O) groups excluding carboxylic acids is 2. The lowest BCUT2D eigenvalue weighted by Gasteiger charge is -2.56. The van der Waals surface area contributed by atoms with Crippen molar-refractivity contribution in [3.05, 3.63) is 70.8 Å². The quantitative estimate of drug-likeness (QED) is 0.480. The fourth-order valence-corrected chi connectivity index (χ4v) is 5.61. The molecule has 2 fully saturated rings. The molecule has 38 heavy (non-hydrogen) atoms. The first kappa shape index (κ1) is 28.1. The third kappa shape index (κ3) is 5.73. The van der Waals surface area contributed by atoms with E-state index in [-0.39, 0.29) is 42.9 Å². The van der Waals surface area contributed by atoms with E-state index >= 15 is 0 Å². The van der Waals surface area contributed by atoms with Gasteiger partial charge in [-0.2, -0.15) is 26.3 Å². The summed E-state index contributed by atoms with van der Waals surface area (Å²) in [7, 11) is 0. The van der Waals surface area contributed by atoms with Gasteiger partial charge in [0.15, 0.2) is 0 Å². The molecule has 2 aromatic rings. The smallest absolute Gasteiger partial charge is 0.372 e. The summed E-state index contributed by atoms with van der Waals surface area (Å²) < 4.78 is 86.3. The Bertz CT molecular complexity index is 1160. The van der Waals surface area contributed by atoms with E-state index in [4.69, 9.17) is 4.74 Å². The lowest BCUT2D eigenvalue weighted by molar-refractivity contribution is -0.143. The van der Waals surface area contributed by atoms with Crippen LogP contribution in [-0.4, -0.2) is 41.8 Å². The number of Topliss-reactive ketones (excluding diaryl/α,β-unsaturated/α-hetero) is 1. The number of amides is 1. The molecule has 2 aliphatic rings. The van der Waals surface area contributed by atoms with Gasteiger partial charge in [-0.15, -0.1) is 0 Å². The van der Waals surface area contributed by atoms with Crippen molar-refractivity contribution in [3.63, 3.8) is 0 Å². The van der Waals surface area contributed by atoms with E-state index in [1.807, 2.05) is 35.2 Å². The van der Waals surface area contributed by atoms with E-state index in [1.54, 1.807) is 0 Å². The van der Waals surface area contributed by atoms with Gasteiger partial charge in [0.25, 0.3) is 0 Å². The van der Waals surface area contributed by atoms with Gasteiger partial charge in [0.2, 0.25) is 5.91 Å². The number of ether oxygens (including phenoxy) is 1. The highest BCUT2D eigenvalue weighted by atomic mass is 19.4. The van der Waals surface area contributed by atoms with Crippen molar-refractivity contribution in [2.45, 2.75) is 62.6 Å². The summed E-state index contributed by atoms with van der Waals surface area (Å²) in [6.45, 7) is 3.13. The SMILES string of the molecule is CC(=O)N[C@]12CC[C@@](CO[C@H](C)c3cc(C(F)(F)F)cc(C(F)(F)F)c3)(c3ccccc3)N(CC(=O)C1)C2. The zero-order chi connectivity index (χ0) is 27.9. The van der Waals surface area contributed by atoms with Gasteiger partial charge in [-0.25, -0.2) is 0 Å². The predicted molar refractivity (Wildman–Crippen MR) is 126 cm³/mol. The number of ketones is 1. The molecule has 206 valence electrons. The van der Waals surface area contributed by atoms with Gasteiger partial charge in [-0.3, -0.25) is 14.5 Å². The number of piperidine rings is 2. The van der Waals surface area contributed by atoms with E-state index in [0.29, 0.717) is 31.5 Å². The third-order valence-electron chi connectivity index (χ3n) is 7.42. The second kappa shape index (κ2) is 10.00. The average molecular weight is 543 g/mol. The van der Waals surface area contributed by atoms with Crippen LogP contribution in [0, 0.1) is 0 Å². The summed E-state index contributed by atoms with van der Waals surface area (Å²) in [6, 6.07) is 10.6. The maximum atomic E-state index is 13.4. The second-order valence-corrected chi connectivity index (χ2v) is 10.2. The Morgan fingerprint density at radius 1 is 1.03 bits per heavy atom. The molecule has 11 heteroatoms. The molecule has 2 bridgehead atoms. The normalized spacial score (nSPS) is 26.6. The van der Waals surface area contributed by atoms with Crippen LogP contribution >= 0.6 is 0 Å². The van der Waals surface area contributed by atoms with Gasteiger partial charge < -0.3 is 10.1 Å². The Morgan fingerprint density at radius 2 is 1.63 bits per heavy atom. The molecule has 1 unspecified atom stereocenters. The van der Waals surface area contributed by atoms with Crippen LogP contribution in [0.5, 0.6) is 0 Å². The molecule has 0 aliphatic carbocycles. The molecule has 4 atom stereocenters. The van der Waals surface area contributed by atoms with E-state index in [2.05, 4.69) is 5.32 Å².